The average molecular weight is 176 g/mol. The van der Waals surface area contributed by atoms with Crippen LogP contribution in [-0.4, -0.2) is 37.0 Å². The van der Waals surface area contributed by atoms with Crippen molar-refractivity contribution >= 4 is 5.97 Å². The molecule has 4 heteroatoms. The maximum atomic E-state index is 10.5. The Labute approximate surface area is 72.5 Å². The Bertz CT molecular complexity index is 135. The number of carbonyl (C=O) groups is 1. The van der Waals surface area contributed by atoms with Gasteiger partial charge < -0.3 is 14.6 Å². The first kappa shape index (κ1) is 11.4. The molecule has 0 saturated heterocycles. The summed E-state index contributed by atoms with van der Waals surface area (Å²) in [5.74, 6) is -0.985. The quantitative estimate of drug-likeness (QED) is 0.653. The van der Waals surface area contributed by atoms with Crippen LogP contribution in [0.3, 0.4) is 0 Å². The molecule has 2 atom stereocenters. The van der Waals surface area contributed by atoms with E-state index in [-0.39, 0.29) is 0 Å². The lowest BCUT2D eigenvalue weighted by Crippen LogP contribution is -2.35. The fourth-order valence-electron chi connectivity index (χ4n) is 0.884. The van der Waals surface area contributed by atoms with Crippen LogP contribution in [0.15, 0.2) is 0 Å². The highest BCUT2D eigenvalue weighted by Crippen LogP contribution is 2.03. The molecule has 0 aliphatic heterocycles. The van der Waals surface area contributed by atoms with Crippen LogP contribution in [0, 0.1) is 0 Å². The second-order valence-electron chi connectivity index (χ2n) is 2.57. The normalized spacial score (nSPS) is 15.6. The number of ether oxygens (including phenoxy) is 2. The van der Waals surface area contributed by atoms with Crippen LogP contribution < -0.4 is 0 Å². The number of aliphatic carboxylic acids is 1. The fraction of sp³-hybridized carbons (Fsp3) is 0.875. The molecule has 72 valence electrons. The minimum Gasteiger partial charge on any atom is -0.479 e. The summed E-state index contributed by atoms with van der Waals surface area (Å²) in [6.45, 7) is 4.22. The first-order valence-electron chi connectivity index (χ1n) is 4.00. The zero-order valence-electron chi connectivity index (χ0n) is 7.74. The molecule has 0 aromatic carbocycles. The number of methoxy groups -OCH3 is 1. The number of hydrogen-bond acceptors (Lipinski definition) is 3. The van der Waals surface area contributed by atoms with Gasteiger partial charge in [0.2, 0.25) is 0 Å². The van der Waals surface area contributed by atoms with Gasteiger partial charge in [0.15, 0.2) is 6.10 Å². The van der Waals surface area contributed by atoms with E-state index in [1.165, 1.54) is 7.11 Å². The van der Waals surface area contributed by atoms with E-state index in [1.807, 2.05) is 6.92 Å². The van der Waals surface area contributed by atoms with Gasteiger partial charge >= 0.3 is 5.97 Å². The van der Waals surface area contributed by atoms with Crippen molar-refractivity contribution in [1.29, 1.82) is 0 Å². The molecular weight excluding hydrogens is 160 g/mol. The molecule has 0 amide bonds. The molecule has 0 aromatic heterocycles. The lowest BCUT2D eigenvalue weighted by Gasteiger charge is -2.18. The molecule has 2 unspecified atom stereocenters. The SMILES string of the molecule is CCCOC(C)C(OC)C(=O)O. The van der Waals surface area contributed by atoms with Crippen molar-refractivity contribution in [3.8, 4) is 0 Å². The molecule has 0 saturated carbocycles. The smallest absolute Gasteiger partial charge is 0.335 e. The van der Waals surface area contributed by atoms with Crippen molar-refractivity contribution in [2.45, 2.75) is 32.5 Å². The van der Waals surface area contributed by atoms with Crippen molar-refractivity contribution < 1.29 is 19.4 Å². The summed E-state index contributed by atoms with van der Waals surface area (Å²) in [7, 11) is 1.37. The van der Waals surface area contributed by atoms with Gasteiger partial charge in [0, 0.05) is 13.7 Å². The molecule has 0 radical (unpaired) electrons. The van der Waals surface area contributed by atoms with Gasteiger partial charge in [0.05, 0.1) is 6.10 Å². The maximum Gasteiger partial charge on any atom is 0.335 e. The average Bonchev–Trinajstić information content (AvgIpc) is 2.01. The van der Waals surface area contributed by atoms with E-state index >= 15 is 0 Å². The lowest BCUT2D eigenvalue weighted by molar-refractivity contribution is -0.157. The van der Waals surface area contributed by atoms with E-state index in [1.54, 1.807) is 6.92 Å². The Balaban J connectivity index is 3.85. The molecule has 0 aliphatic carbocycles. The highest BCUT2D eigenvalue weighted by Gasteiger charge is 2.24. The Kier molecular flexibility index (Phi) is 5.66. The molecule has 0 heterocycles. The van der Waals surface area contributed by atoms with E-state index in [4.69, 9.17) is 14.6 Å². The Morgan fingerprint density at radius 2 is 2.17 bits per heavy atom. The van der Waals surface area contributed by atoms with Crippen LogP contribution in [0.2, 0.25) is 0 Å². The Hall–Kier alpha value is -0.610. The van der Waals surface area contributed by atoms with Crippen LogP contribution in [0.1, 0.15) is 20.3 Å². The first-order chi connectivity index (χ1) is 5.63. The van der Waals surface area contributed by atoms with Gasteiger partial charge in [-0.25, -0.2) is 4.79 Å². The fourth-order valence-corrected chi connectivity index (χ4v) is 0.884. The van der Waals surface area contributed by atoms with E-state index < -0.39 is 18.2 Å². The van der Waals surface area contributed by atoms with Crippen LogP contribution in [0.25, 0.3) is 0 Å². The zero-order chi connectivity index (χ0) is 9.56. The predicted octanol–water partition coefficient (Wildman–Crippen LogP) is 0.901. The second kappa shape index (κ2) is 5.97. The molecule has 1 N–H and O–H groups in total. The van der Waals surface area contributed by atoms with Gasteiger partial charge in [-0.15, -0.1) is 0 Å². The summed E-state index contributed by atoms with van der Waals surface area (Å²) in [6, 6.07) is 0. The van der Waals surface area contributed by atoms with Crippen LogP contribution in [0.5, 0.6) is 0 Å². The number of hydrogen-bond donors (Lipinski definition) is 1. The molecule has 0 aromatic rings. The van der Waals surface area contributed by atoms with Crippen LogP contribution >= 0.6 is 0 Å². The Morgan fingerprint density at radius 1 is 1.58 bits per heavy atom. The third kappa shape index (κ3) is 3.69. The first-order valence-corrected chi connectivity index (χ1v) is 4.00. The highest BCUT2D eigenvalue weighted by molar-refractivity contribution is 5.72. The maximum absolute atomic E-state index is 10.5. The lowest BCUT2D eigenvalue weighted by atomic mass is 10.2. The number of carboxylic acids is 1. The zero-order valence-corrected chi connectivity index (χ0v) is 7.74. The summed E-state index contributed by atoms with van der Waals surface area (Å²) < 4.78 is 9.95. The van der Waals surface area contributed by atoms with Gasteiger partial charge in [0.25, 0.3) is 0 Å². The van der Waals surface area contributed by atoms with Gasteiger partial charge in [-0.3, -0.25) is 0 Å². The molecule has 12 heavy (non-hydrogen) atoms. The van der Waals surface area contributed by atoms with Crippen molar-refractivity contribution in [2.75, 3.05) is 13.7 Å². The van der Waals surface area contributed by atoms with Gasteiger partial charge in [-0.2, -0.15) is 0 Å². The predicted molar refractivity (Wildman–Crippen MR) is 44.1 cm³/mol. The summed E-state index contributed by atoms with van der Waals surface area (Å²) in [5, 5.41) is 8.64. The second-order valence-corrected chi connectivity index (χ2v) is 2.57. The van der Waals surface area contributed by atoms with Gasteiger partial charge in [-0.1, -0.05) is 6.92 Å². The molecule has 0 bridgehead atoms. The van der Waals surface area contributed by atoms with Crippen molar-refractivity contribution in [2.24, 2.45) is 0 Å². The van der Waals surface area contributed by atoms with E-state index in [2.05, 4.69) is 0 Å². The third-order valence-corrected chi connectivity index (χ3v) is 1.51. The van der Waals surface area contributed by atoms with Gasteiger partial charge in [0.1, 0.15) is 0 Å². The Morgan fingerprint density at radius 3 is 2.50 bits per heavy atom. The highest BCUT2D eigenvalue weighted by atomic mass is 16.5. The van der Waals surface area contributed by atoms with Crippen LogP contribution in [-0.2, 0) is 14.3 Å². The summed E-state index contributed by atoms with van der Waals surface area (Å²) >= 11 is 0. The molecule has 4 nitrogen and oxygen atoms in total. The molecule has 0 fully saturated rings. The monoisotopic (exact) mass is 176 g/mol. The largest absolute Gasteiger partial charge is 0.479 e. The summed E-state index contributed by atoms with van der Waals surface area (Å²) in [5.41, 5.74) is 0. The van der Waals surface area contributed by atoms with E-state index in [0.717, 1.165) is 6.42 Å². The van der Waals surface area contributed by atoms with Crippen molar-refractivity contribution in [3.05, 3.63) is 0 Å². The summed E-state index contributed by atoms with van der Waals surface area (Å²) in [6.07, 6.45) is -0.385. The molecule has 0 spiro atoms. The number of rotatable bonds is 6. The molecule has 0 rings (SSSR count). The number of carboxylic acid groups (broad SMARTS) is 1. The summed E-state index contributed by atoms with van der Waals surface area (Å²) in [4.78, 5) is 10.5. The van der Waals surface area contributed by atoms with Gasteiger partial charge in [-0.05, 0) is 13.3 Å². The minimum atomic E-state index is -0.985. The topological polar surface area (TPSA) is 55.8 Å². The van der Waals surface area contributed by atoms with E-state index in [9.17, 15) is 4.79 Å². The third-order valence-electron chi connectivity index (χ3n) is 1.51. The minimum absolute atomic E-state index is 0.396. The van der Waals surface area contributed by atoms with Crippen molar-refractivity contribution in [1.82, 2.24) is 0 Å². The van der Waals surface area contributed by atoms with E-state index in [0.29, 0.717) is 6.61 Å². The van der Waals surface area contributed by atoms with Crippen molar-refractivity contribution in [3.63, 3.8) is 0 Å². The molecule has 0 aliphatic rings. The standard InChI is InChI=1S/C8H16O4/c1-4-5-12-6(2)7(11-3)8(9)10/h6-7H,4-5H2,1-3H3,(H,9,10). The molecular formula is C8H16O4. The van der Waals surface area contributed by atoms with Crippen LogP contribution in [0.4, 0.5) is 0 Å².